The predicted molar refractivity (Wildman–Crippen MR) is 124 cm³/mol. The number of rotatable bonds is 5. The zero-order valence-corrected chi connectivity index (χ0v) is 19.8. The van der Waals surface area contributed by atoms with Gasteiger partial charge in [0.2, 0.25) is 12.7 Å². The van der Waals surface area contributed by atoms with Crippen LogP contribution in [0.25, 0.3) is 0 Å². The molecule has 0 bridgehead atoms. The van der Waals surface area contributed by atoms with Gasteiger partial charge < -0.3 is 19.1 Å². The van der Waals surface area contributed by atoms with E-state index in [4.69, 9.17) is 14.2 Å². The van der Waals surface area contributed by atoms with Gasteiger partial charge in [0.25, 0.3) is 5.91 Å². The monoisotopic (exact) mass is 485 g/mol. The minimum absolute atomic E-state index is 0.0576. The number of ether oxygens (including phenoxy) is 3. The molecule has 10 heteroatoms. The van der Waals surface area contributed by atoms with E-state index < -0.39 is 0 Å². The van der Waals surface area contributed by atoms with Crippen molar-refractivity contribution < 1.29 is 28.6 Å². The second-order valence-corrected chi connectivity index (χ2v) is 9.73. The van der Waals surface area contributed by atoms with Gasteiger partial charge in [0.15, 0.2) is 16.6 Å². The highest BCUT2D eigenvalue weighted by molar-refractivity contribution is 7.16. The highest BCUT2D eigenvalue weighted by Gasteiger charge is 2.36. The molecule has 0 spiro atoms. The van der Waals surface area contributed by atoms with Crippen molar-refractivity contribution in [2.45, 2.75) is 44.9 Å². The van der Waals surface area contributed by atoms with Crippen LogP contribution in [0.2, 0.25) is 0 Å². The van der Waals surface area contributed by atoms with E-state index in [1.54, 1.807) is 25.1 Å². The summed E-state index contributed by atoms with van der Waals surface area (Å²) < 4.78 is 15.8. The van der Waals surface area contributed by atoms with Gasteiger partial charge in [-0.05, 0) is 57.2 Å². The number of aryl methyl sites for hydroxylation is 1. The lowest BCUT2D eigenvalue weighted by molar-refractivity contribution is -0.151. The number of likely N-dealkylation sites (tertiary alicyclic amines) is 1. The number of aromatic nitrogens is 1. The van der Waals surface area contributed by atoms with Crippen LogP contribution in [0.5, 0.6) is 11.5 Å². The van der Waals surface area contributed by atoms with E-state index in [0.29, 0.717) is 54.7 Å². The summed E-state index contributed by atoms with van der Waals surface area (Å²) in [5, 5.41) is 3.37. The molecule has 0 saturated carbocycles. The second kappa shape index (κ2) is 9.61. The van der Waals surface area contributed by atoms with Gasteiger partial charge in [-0.25, -0.2) is 4.98 Å². The average molecular weight is 486 g/mol. The van der Waals surface area contributed by atoms with E-state index in [1.165, 1.54) is 11.3 Å². The van der Waals surface area contributed by atoms with Gasteiger partial charge in [0.1, 0.15) is 0 Å². The molecule has 1 aromatic heterocycles. The molecule has 34 heavy (non-hydrogen) atoms. The van der Waals surface area contributed by atoms with Gasteiger partial charge in [-0.3, -0.25) is 19.7 Å². The number of esters is 1. The molecule has 2 aromatic rings. The predicted octanol–water partition coefficient (Wildman–Crippen LogP) is 3.35. The number of carbonyl (C=O) groups excluding carboxylic acids is 3. The van der Waals surface area contributed by atoms with Crippen LogP contribution < -0.4 is 14.8 Å². The molecule has 1 aliphatic carbocycles. The van der Waals surface area contributed by atoms with Gasteiger partial charge in [-0.2, -0.15) is 0 Å². The van der Waals surface area contributed by atoms with E-state index in [0.717, 1.165) is 29.8 Å². The first-order valence-electron chi connectivity index (χ1n) is 11.7. The van der Waals surface area contributed by atoms with Crippen molar-refractivity contribution in [1.29, 1.82) is 0 Å². The summed E-state index contributed by atoms with van der Waals surface area (Å²) in [4.78, 5) is 45.7. The fourth-order valence-electron chi connectivity index (χ4n) is 4.74. The van der Waals surface area contributed by atoms with Crippen LogP contribution in [-0.2, 0) is 20.7 Å². The third-order valence-electron chi connectivity index (χ3n) is 6.53. The molecular formula is C24H27N3O6S. The molecule has 2 aliphatic heterocycles. The third kappa shape index (κ3) is 4.46. The van der Waals surface area contributed by atoms with Gasteiger partial charge >= 0.3 is 5.97 Å². The fraction of sp³-hybridized carbons (Fsp3) is 0.500. The van der Waals surface area contributed by atoms with Crippen LogP contribution in [-0.4, -0.2) is 54.2 Å². The first kappa shape index (κ1) is 22.6. The molecule has 3 heterocycles. The molecule has 9 nitrogen and oxygen atoms in total. The van der Waals surface area contributed by atoms with E-state index >= 15 is 0 Å². The molecule has 0 radical (unpaired) electrons. The molecular weight excluding hydrogens is 458 g/mol. The molecule has 5 rings (SSSR count). The first-order chi connectivity index (χ1) is 16.5. The molecule has 1 aromatic carbocycles. The number of hydrogen-bond donors (Lipinski definition) is 1. The summed E-state index contributed by atoms with van der Waals surface area (Å²) in [5.74, 6) is 0.323. The average Bonchev–Trinajstić information content (AvgIpc) is 3.49. The standard InChI is InChI=1S/C24H27N3O6S/c1-2-31-23(30)14-8-10-27(11-9-14)22(29)16-4-3-5-19-20(16)25-24(34-19)26-21(28)15-6-7-17-18(12-15)33-13-32-17/h6-7,12,14,16H,2-5,8-11,13H2,1H3,(H,25,26,28). The van der Waals surface area contributed by atoms with Gasteiger partial charge in [0, 0.05) is 23.5 Å². The number of thiazole rings is 1. The van der Waals surface area contributed by atoms with Crippen molar-refractivity contribution in [2.75, 3.05) is 31.8 Å². The van der Waals surface area contributed by atoms with Crippen molar-refractivity contribution in [1.82, 2.24) is 9.88 Å². The molecule has 1 fully saturated rings. The maximum Gasteiger partial charge on any atom is 0.309 e. The number of fused-ring (bicyclic) bond motifs is 2. The van der Waals surface area contributed by atoms with Crippen LogP contribution >= 0.6 is 11.3 Å². The van der Waals surface area contributed by atoms with Crippen molar-refractivity contribution in [3.05, 3.63) is 34.3 Å². The summed E-state index contributed by atoms with van der Waals surface area (Å²) in [6, 6.07) is 5.05. The lowest BCUT2D eigenvalue weighted by Gasteiger charge is -2.34. The Hall–Kier alpha value is -3.14. The van der Waals surface area contributed by atoms with Crippen molar-refractivity contribution >= 4 is 34.3 Å². The second-order valence-electron chi connectivity index (χ2n) is 8.65. The molecule has 2 amide bonds. The van der Waals surface area contributed by atoms with Crippen LogP contribution in [0.3, 0.4) is 0 Å². The van der Waals surface area contributed by atoms with E-state index in [9.17, 15) is 14.4 Å². The summed E-state index contributed by atoms with van der Waals surface area (Å²) in [5.41, 5.74) is 1.23. The Morgan fingerprint density at radius 3 is 2.76 bits per heavy atom. The SMILES string of the molecule is CCOC(=O)C1CCN(C(=O)C2CCCc3sc(NC(=O)c4ccc5c(c4)OCO5)nc32)CC1. The van der Waals surface area contributed by atoms with Gasteiger partial charge in [-0.1, -0.05) is 0 Å². The quantitative estimate of drug-likeness (QED) is 0.647. The largest absolute Gasteiger partial charge is 0.466 e. The van der Waals surface area contributed by atoms with E-state index in [2.05, 4.69) is 10.3 Å². The Labute approximate surface area is 201 Å². The number of nitrogens with zero attached hydrogens (tertiary/aromatic N) is 2. The summed E-state index contributed by atoms with van der Waals surface area (Å²) in [7, 11) is 0. The highest BCUT2D eigenvalue weighted by atomic mass is 32.1. The zero-order valence-electron chi connectivity index (χ0n) is 19.0. The molecule has 1 unspecified atom stereocenters. The number of amides is 2. The van der Waals surface area contributed by atoms with Gasteiger partial charge in [0.05, 0.1) is 24.1 Å². The number of nitrogens with one attached hydrogen (secondary N) is 1. The van der Waals surface area contributed by atoms with E-state index in [1.807, 2.05) is 4.90 Å². The van der Waals surface area contributed by atoms with Crippen molar-refractivity contribution in [3.8, 4) is 11.5 Å². The molecule has 3 aliphatic rings. The number of benzene rings is 1. The number of piperidine rings is 1. The summed E-state index contributed by atoms with van der Waals surface area (Å²) >= 11 is 1.43. The minimum Gasteiger partial charge on any atom is -0.466 e. The van der Waals surface area contributed by atoms with Crippen molar-refractivity contribution in [2.24, 2.45) is 5.92 Å². The maximum absolute atomic E-state index is 13.3. The van der Waals surface area contributed by atoms with Crippen molar-refractivity contribution in [3.63, 3.8) is 0 Å². The highest BCUT2D eigenvalue weighted by Crippen LogP contribution is 2.39. The Morgan fingerprint density at radius 2 is 1.97 bits per heavy atom. The topological polar surface area (TPSA) is 107 Å². The molecule has 1 N–H and O–H groups in total. The first-order valence-corrected chi connectivity index (χ1v) is 12.5. The van der Waals surface area contributed by atoms with E-state index in [-0.39, 0.29) is 36.4 Å². The number of carbonyl (C=O) groups is 3. The van der Waals surface area contributed by atoms with Crippen LogP contribution in [0, 0.1) is 5.92 Å². The Balaban J connectivity index is 1.25. The molecule has 180 valence electrons. The third-order valence-corrected chi connectivity index (χ3v) is 7.58. The maximum atomic E-state index is 13.3. The summed E-state index contributed by atoms with van der Waals surface area (Å²) in [6.07, 6.45) is 3.74. The lowest BCUT2D eigenvalue weighted by atomic mass is 9.88. The number of anilines is 1. The smallest absolute Gasteiger partial charge is 0.309 e. The van der Waals surface area contributed by atoms with Crippen LogP contribution in [0.4, 0.5) is 5.13 Å². The zero-order chi connectivity index (χ0) is 23.7. The van der Waals surface area contributed by atoms with Crippen LogP contribution in [0.15, 0.2) is 18.2 Å². The Morgan fingerprint density at radius 1 is 1.18 bits per heavy atom. The Bertz CT molecular complexity index is 1110. The van der Waals surface area contributed by atoms with Gasteiger partial charge in [-0.15, -0.1) is 11.3 Å². The van der Waals surface area contributed by atoms with Crippen LogP contribution in [0.1, 0.15) is 59.5 Å². The lowest BCUT2D eigenvalue weighted by Crippen LogP contribution is -2.43. The Kier molecular flexibility index (Phi) is 6.40. The number of hydrogen-bond acceptors (Lipinski definition) is 8. The normalized spacial score (nSPS) is 19.4. The fourth-order valence-corrected chi connectivity index (χ4v) is 5.80. The summed E-state index contributed by atoms with van der Waals surface area (Å²) in [6.45, 7) is 3.42. The minimum atomic E-state index is -0.310. The molecule has 1 saturated heterocycles. The molecule has 1 atom stereocenters.